The quantitative estimate of drug-likeness (QED) is 0.147. The highest BCUT2D eigenvalue weighted by Crippen LogP contribution is 2.10. The van der Waals surface area contributed by atoms with Crippen molar-refractivity contribution in [2.45, 2.75) is 131 Å². The minimum atomic E-state index is -0.509. The van der Waals surface area contributed by atoms with Gasteiger partial charge in [0.15, 0.2) is 0 Å². The molecule has 0 saturated carbocycles. The van der Waals surface area contributed by atoms with E-state index in [-0.39, 0.29) is 36.0 Å². The minimum Gasteiger partial charge on any atom is -0.378 e. The normalized spacial score (nSPS) is 13.6. The Morgan fingerprint density at radius 3 is 1.09 bits per heavy atom. The molecule has 0 radical (unpaired) electrons. The number of carbonyl (C=O) groups excluding carboxylic acids is 3. The first-order valence-corrected chi connectivity index (χ1v) is 15.6. The van der Waals surface area contributed by atoms with Gasteiger partial charge >= 0.3 is 0 Å². The fraction of sp³-hybridized carbons (Fsp3) is 0.727. The fourth-order valence-electron chi connectivity index (χ4n) is 4.40. The van der Waals surface area contributed by atoms with Crippen molar-refractivity contribution in [1.82, 2.24) is 20.4 Å². The maximum absolute atomic E-state index is 11.9. The third-order valence-corrected chi connectivity index (χ3v) is 5.92. The molecular weight excluding hydrogens is 568 g/mol. The zero-order chi connectivity index (χ0) is 34.3. The summed E-state index contributed by atoms with van der Waals surface area (Å²) in [5.41, 5.74) is 0. The second kappa shape index (κ2) is 26.4. The Kier molecular flexibility index (Phi) is 27.8. The van der Waals surface area contributed by atoms with Gasteiger partial charge in [0.2, 0.25) is 17.1 Å². The molecule has 10 heteroatoms. The molecule has 0 aromatic carbocycles. The van der Waals surface area contributed by atoms with Crippen LogP contribution in [0.5, 0.6) is 0 Å². The smallest absolute Gasteiger partial charge is 0.246 e. The van der Waals surface area contributed by atoms with Gasteiger partial charge in [0.05, 0.1) is 38.5 Å². The van der Waals surface area contributed by atoms with E-state index in [0.717, 1.165) is 19.3 Å². The van der Waals surface area contributed by atoms with E-state index in [4.69, 9.17) is 21.1 Å². The number of rotatable bonds is 19. The lowest BCUT2D eigenvalue weighted by Crippen LogP contribution is -2.47. The molecule has 0 heterocycles. The van der Waals surface area contributed by atoms with E-state index in [9.17, 15) is 14.4 Å². The van der Waals surface area contributed by atoms with E-state index in [2.05, 4.69) is 71.9 Å². The number of nitrogens with zero attached hydrogens (tertiary/aromatic N) is 2. The zero-order valence-corrected chi connectivity index (χ0v) is 29.9. The highest BCUT2D eigenvalue weighted by atomic mass is 35.5. The van der Waals surface area contributed by atoms with Crippen LogP contribution in [0.25, 0.3) is 0 Å². The second-order valence-corrected chi connectivity index (χ2v) is 12.2. The molecule has 2 amide bonds. The van der Waals surface area contributed by atoms with E-state index in [0.29, 0.717) is 37.4 Å². The van der Waals surface area contributed by atoms with Gasteiger partial charge in [0.25, 0.3) is 0 Å². The van der Waals surface area contributed by atoms with E-state index in [1.807, 2.05) is 41.5 Å². The van der Waals surface area contributed by atoms with Crippen molar-refractivity contribution in [2.24, 2.45) is 0 Å². The summed E-state index contributed by atoms with van der Waals surface area (Å²) in [5, 5.41) is 6.31. The van der Waals surface area contributed by atoms with Gasteiger partial charge in [-0.1, -0.05) is 47.4 Å². The molecule has 0 rings (SSSR count). The lowest BCUT2D eigenvalue weighted by molar-refractivity contribution is -0.132. The molecule has 0 fully saturated rings. The topological polar surface area (TPSA) is 100 Å². The molecule has 0 aliphatic heterocycles. The van der Waals surface area contributed by atoms with E-state index in [1.54, 1.807) is 9.80 Å². The van der Waals surface area contributed by atoms with Crippen LogP contribution in [0.1, 0.15) is 83.1 Å². The third-order valence-electron chi connectivity index (χ3n) is 5.77. The summed E-state index contributed by atoms with van der Waals surface area (Å²) in [6, 6.07) is 1.93. The largest absolute Gasteiger partial charge is 0.378 e. The van der Waals surface area contributed by atoms with Crippen LogP contribution in [0.4, 0.5) is 0 Å². The molecule has 4 unspecified atom stereocenters. The van der Waals surface area contributed by atoms with Crippen LogP contribution in [0.2, 0.25) is 0 Å². The van der Waals surface area contributed by atoms with Gasteiger partial charge in [-0.05, 0) is 85.2 Å². The van der Waals surface area contributed by atoms with Crippen LogP contribution in [-0.2, 0) is 23.9 Å². The summed E-state index contributed by atoms with van der Waals surface area (Å²) < 4.78 is 11.4. The molecular formula is C33H63ClN4O5. The minimum absolute atomic E-state index is 0.0599. The van der Waals surface area contributed by atoms with Crippen LogP contribution >= 0.6 is 11.6 Å². The standard InChI is InChI=1S/C18H32N2O3.C12H28N2O.C3H3ClO/c1-9-17(21)19(13(3)4)15(7)11-23-12-16(8)20(14(5)6)18(22)10-2;1-9(2)13-11(5)7-15-8-12(6)14-10(3)4;1-2-3(4)5/h9-10,13-16H,1-2,11-12H2,3-8H3;9-14H,7-8H2,1-6H3;2H,1H2. The SMILES string of the molecule is C=CC(=O)Cl.C=CC(=O)N(C(C)C)C(C)COCC(C)N(C(=O)C=C)C(C)C.CC(C)NC(C)COCC(C)NC(C)C. The van der Waals surface area contributed by atoms with Crippen LogP contribution in [-0.4, -0.2) is 102 Å². The molecule has 9 nitrogen and oxygen atoms in total. The average Bonchev–Trinajstić information content (AvgIpc) is 2.87. The predicted octanol–water partition coefficient (Wildman–Crippen LogP) is 5.34. The highest BCUT2D eigenvalue weighted by Gasteiger charge is 2.24. The molecule has 2 N–H and O–H groups in total. The van der Waals surface area contributed by atoms with Crippen LogP contribution in [0, 0.1) is 0 Å². The number of halogens is 1. The van der Waals surface area contributed by atoms with Crippen molar-refractivity contribution in [3.63, 3.8) is 0 Å². The zero-order valence-electron chi connectivity index (χ0n) is 29.1. The molecule has 0 saturated heterocycles. The number of carbonyl (C=O) groups is 3. The summed E-state index contributed by atoms with van der Waals surface area (Å²) in [7, 11) is 0. The average molecular weight is 631 g/mol. The summed E-state index contributed by atoms with van der Waals surface area (Å²) in [6.45, 7) is 37.2. The van der Waals surface area contributed by atoms with Crippen LogP contribution in [0.15, 0.2) is 38.0 Å². The molecule has 0 aromatic rings. The molecule has 0 spiro atoms. The van der Waals surface area contributed by atoms with Gasteiger partial charge in [-0.3, -0.25) is 14.4 Å². The van der Waals surface area contributed by atoms with Gasteiger partial charge in [0.1, 0.15) is 0 Å². The molecule has 252 valence electrons. The lowest BCUT2D eigenvalue weighted by atomic mass is 10.2. The first-order chi connectivity index (χ1) is 19.8. The first-order valence-electron chi connectivity index (χ1n) is 15.2. The van der Waals surface area contributed by atoms with Crippen molar-refractivity contribution in [3.8, 4) is 0 Å². The van der Waals surface area contributed by atoms with Gasteiger partial charge in [-0.15, -0.1) is 0 Å². The Balaban J connectivity index is -0.000000682. The lowest BCUT2D eigenvalue weighted by Gasteiger charge is -2.34. The number of hydrogen-bond acceptors (Lipinski definition) is 7. The Hall–Kier alpha value is -2.04. The third kappa shape index (κ3) is 25.0. The fourth-order valence-corrected chi connectivity index (χ4v) is 4.40. The van der Waals surface area contributed by atoms with E-state index < -0.39 is 5.24 Å². The van der Waals surface area contributed by atoms with Crippen molar-refractivity contribution < 1.29 is 23.9 Å². The number of amides is 2. The van der Waals surface area contributed by atoms with E-state index in [1.165, 1.54) is 12.2 Å². The maximum atomic E-state index is 11.9. The number of nitrogens with one attached hydrogen (secondary N) is 2. The van der Waals surface area contributed by atoms with Gasteiger partial charge in [0, 0.05) is 36.3 Å². The van der Waals surface area contributed by atoms with Crippen LogP contribution in [0.3, 0.4) is 0 Å². The summed E-state index contributed by atoms with van der Waals surface area (Å²) >= 11 is 4.71. The second-order valence-electron chi connectivity index (χ2n) is 11.8. The number of hydrogen-bond donors (Lipinski definition) is 2. The maximum Gasteiger partial charge on any atom is 0.246 e. The monoisotopic (exact) mass is 630 g/mol. The highest BCUT2D eigenvalue weighted by molar-refractivity contribution is 6.66. The molecule has 0 bridgehead atoms. The van der Waals surface area contributed by atoms with Crippen LogP contribution < -0.4 is 10.6 Å². The van der Waals surface area contributed by atoms with Gasteiger partial charge < -0.3 is 29.9 Å². The summed E-state index contributed by atoms with van der Waals surface area (Å²) in [5.74, 6) is -0.204. The Labute approximate surface area is 268 Å². The molecule has 4 atom stereocenters. The van der Waals surface area contributed by atoms with Crippen molar-refractivity contribution in [2.75, 3.05) is 26.4 Å². The first kappa shape index (κ1) is 45.4. The van der Waals surface area contributed by atoms with Crippen molar-refractivity contribution in [1.29, 1.82) is 0 Å². The molecule has 0 aliphatic rings. The Bertz CT molecular complexity index is 750. The summed E-state index contributed by atoms with van der Waals surface area (Å²) in [4.78, 5) is 36.8. The van der Waals surface area contributed by atoms with Crippen molar-refractivity contribution >= 4 is 28.7 Å². The molecule has 0 aromatic heterocycles. The molecule has 43 heavy (non-hydrogen) atoms. The number of allylic oxidation sites excluding steroid dienone is 1. The molecule has 0 aliphatic carbocycles. The van der Waals surface area contributed by atoms with E-state index >= 15 is 0 Å². The Morgan fingerprint density at radius 2 is 0.884 bits per heavy atom. The summed E-state index contributed by atoms with van der Waals surface area (Å²) in [6.07, 6.45) is 3.69. The Morgan fingerprint density at radius 1 is 0.605 bits per heavy atom. The predicted molar refractivity (Wildman–Crippen MR) is 181 cm³/mol. The van der Waals surface area contributed by atoms with Gasteiger partial charge in [-0.25, -0.2) is 0 Å². The van der Waals surface area contributed by atoms with Crippen molar-refractivity contribution in [3.05, 3.63) is 38.0 Å². The number of ether oxygens (including phenoxy) is 2. The van der Waals surface area contributed by atoms with Gasteiger partial charge in [-0.2, -0.15) is 0 Å².